The molecule has 102 valence electrons. The van der Waals surface area contributed by atoms with Gasteiger partial charge in [0, 0.05) is 11.6 Å². The quantitative estimate of drug-likeness (QED) is 0.827. The highest BCUT2D eigenvalue weighted by molar-refractivity contribution is 7.22. The molecule has 2 aromatic rings. The van der Waals surface area contributed by atoms with Gasteiger partial charge in [-0.3, -0.25) is 0 Å². The van der Waals surface area contributed by atoms with E-state index in [0.717, 1.165) is 22.2 Å². The molecule has 0 unspecified atom stereocenters. The van der Waals surface area contributed by atoms with Gasteiger partial charge in [0.2, 0.25) is 0 Å². The fourth-order valence-electron chi connectivity index (χ4n) is 2.85. The number of rotatable bonds is 3. The van der Waals surface area contributed by atoms with Gasteiger partial charge in [0.25, 0.3) is 0 Å². The molecule has 0 aliphatic heterocycles. The summed E-state index contributed by atoms with van der Waals surface area (Å²) in [6.07, 6.45) is 6.80. The Kier molecular flexibility index (Phi) is 3.68. The second-order valence-electron chi connectivity index (χ2n) is 5.86. The number of nitrogens with zero attached hydrogens (tertiary/aromatic N) is 1. The zero-order valence-corrected chi connectivity index (χ0v) is 12.8. The molecule has 0 spiro atoms. The van der Waals surface area contributed by atoms with Gasteiger partial charge in [-0.2, -0.15) is 0 Å². The molecule has 1 aromatic heterocycles. The minimum absolute atomic E-state index is 0.438. The summed E-state index contributed by atoms with van der Waals surface area (Å²) < 4.78 is 1.20. The van der Waals surface area contributed by atoms with Crippen molar-refractivity contribution in [1.29, 1.82) is 0 Å². The number of halogens is 1. The van der Waals surface area contributed by atoms with Gasteiger partial charge < -0.3 is 5.32 Å². The maximum atomic E-state index is 5.99. The smallest absolute Gasteiger partial charge is 0.183 e. The molecule has 0 saturated heterocycles. The summed E-state index contributed by atoms with van der Waals surface area (Å²) in [5, 5.41) is 5.30. The Bertz CT molecular complexity index is 573. The molecule has 1 N–H and O–H groups in total. The fourth-order valence-corrected chi connectivity index (χ4v) is 3.86. The molecular weight excluding hydrogens is 276 g/mol. The van der Waals surface area contributed by atoms with Crippen molar-refractivity contribution in [3.8, 4) is 0 Å². The molecule has 0 radical (unpaired) electrons. The molecule has 0 bridgehead atoms. The van der Waals surface area contributed by atoms with Gasteiger partial charge in [-0.15, -0.1) is 0 Å². The molecule has 0 amide bonds. The van der Waals surface area contributed by atoms with Gasteiger partial charge in [-0.25, -0.2) is 4.98 Å². The molecule has 3 rings (SSSR count). The predicted molar refractivity (Wildman–Crippen MR) is 84.3 cm³/mol. The first-order chi connectivity index (χ1) is 9.15. The molecular formula is C15H19ClN2S. The van der Waals surface area contributed by atoms with Crippen LogP contribution in [0, 0.1) is 5.41 Å². The van der Waals surface area contributed by atoms with Crippen molar-refractivity contribution in [1.82, 2.24) is 4.98 Å². The lowest BCUT2D eigenvalue weighted by Crippen LogP contribution is -2.28. The lowest BCUT2D eigenvalue weighted by atomic mass is 9.76. The van der Waals surface area contributed by atoms with Crippen molar-refractivity contribution in [3.63, 3.8) is 0 Å². The fraction of sp³-hybridized carbons (Fsp3) is 0.533. The molecule has 1 saturated carbocycles. The SMILES string of the molecule is CC1(CNc2nc3cc(Cl)ccc3s2)CCCCC1. The summed E-state index contributed by atoms with van der Waals surface area (Å²) in [5.74, 6) is 0. The zero-order chi connectivity index (χ0) is 13.3. The van der Waals surface area contributed by atoms with E-state index >= 15 is 0 Å². The Balaban J connectivity index is 1.71. The highest BCUT2D eigenvalue weighted by atomic mass is 35.5. The first kappa shape index (κ1) is 13.2. The van der Waals surface area contributed by atoms with Gasteiger partial charge in [0.05, 0.1) is 10.2 Å². The van der Waals surface area contributed by atoms with Crippen LogP contribution in [0.25, 0.3) is 10.2 Å². The maximum Gasteiger partial charge on any atom is 0.183 e. The predicted octanol–water partition coefficient (Wildman–Crippen LogP) is 5.33. The summed E-state index contributed by atoms with van der Waals surface area (Å²) in [5.41, 5.74) is 1.43. The van der Waals surface area contributed by atoms with Crippen molar-refractivity contribution < 1.29 is 0 Å². The molecule has 0 atom stereocenters. The van der Waals surface area contributed by atoms with Crippen LogP contribution in [0.1, 0.15) is 39.0 Å². The number of nitrogens with one attached hydrogen (secondary N) is 1. The second-order valence-corrected chi connectivity index (χ2v) is 7.32. The van der Waals surface area contributed by atoms with Gasteiger partial charge in [-0.05, 0) is 36.5 Å². The summed E-state index contributed by atoms with van der Waals surface area (Å²) in [4.78, 5) is 4.61. The number of benzene rings is 1. The van der Waals surface area contributed by atoms with Crippen molar-refractivity contribution in [3.05, 3.63) is 23.2 Å². The average molecular weight is 295 g/mol. The topological polar surface area (TPSA) is 24.9 Å². The first-order valence-corrected chi connectivity index (χ1v) is 8.14. The van der Waals surface area contributed by atoms with Crippen molar-refractivity contribution in [2.75, 3.05) is 11.9 Å². The van der Waals surface area contributed by atoms with Crippen molar-refractivity contribution in [2.24, 2.45) is 5.41 Å². The van der Waals surface area contributed by atoms with Crippen LogP contribution >= 0.6 is 22.9 Å². The van der Waals surface area contributed by atoms with E-state index in [-0.39, 0.29) is 0 Å². The van der Waals surface area contributed by atoms with E-state index in [1.807, 2.05) is 18.2 Å². The van der Waals surface area contributed by atoms with Crippen LogP contribution < -0.4 is 5.32 Å². The number of fused-ring (bicyclic) bond motifs is 1. The van der Waals surface area contributed by atoms with Crippen LogP contribution in [-0.2, 0) is 0 Å². The molecule has 1 aliphatic rings. The average Bonchev–Trinajstić information content (AvgIpc) is 2.79. The Morgan fingerprint density at radius 2 is 2.11 bits per heavy atom. The Morgan fingerprint density at radius 1 is 1.32 bits per heavy atom. The van der Waals surface area contributed by atoms with E-state index in [9.17, 15) is 0 Å². The van der Waals surface area contributed by atoms with Crippen LogP contribution in [0.3, 0.4) is 0 Å². The Morgan fingerprint density at radius 3 is 2.89 bits per heavy atom. The third-order valence-corrected chi connectivity index (χ3v) is 5.31. The van der Waals surface area contributed by atoms with Gasteiger partial charge in [0.15, 0.2) is 5.13 Å². The number of hydrogen-bond acceptors (Lipinski definition) is 3. The molecule has 2 nitrogen and oxygen atoms in total. The molecule has 19 heavy (non-hydrogen) atoms. The van der Waals surface area contributed by atoms with Crippen molar-refractivity contribution in [2.45, 2.75) is 39.0 Å². The molecule has 1 aliphatic carbocycles. The van der Waals surface area contributed by atoms with Crippen molar-refractivity contribution >= 4 is 38.3 Å². The highest BCUT2D eigenvalue weighted by Crippen LogP contribution is 2.36. The van der Waals surface area contributed by atoms with E-state index in [0.29, 0.717) is 5.41 Å². The minimum Gasteiger partial charge on any atom is -0.361 e. The summed E-state index contributed by atoms with van der Waals surface area (Å²) >= 11 is 7.71. The third kappa shape index (κ3) is 3.03. The lowest BCUT2D eigenvalue weighted by Gasteiger charge is -2.33. The highest BCUT2D eigenvalue weighted by Gasteiger charge is 2.26. The normalized spacial score (nSPS) is 18.6. The molecule has 1 aromatic carbocycles. The third-order valence-electron chi connectivity index (χ3n) is 4.08. The lowest BCUT2D eigenvalue weighted by molar-refractivity contribution is 0.233. The number of thiazole rings is 1. The summed E-state index contributed by atoms with van der Waals surface area (Å²) in [6.45, 7) is 3.42. The summed E-state index contributed by atoms with van der Waals surface area (Å²) in [7, 11) is 0. The van der Waals surface area contributed by atoms with Gasteiger partial charge in [-0.1, -0.05) is 49.1 Å². The zero-order valence-electron chi connectivity index (χ0n) is 11.2. The molecule has 4 heteroatoms. The van der Waals surface area contributed by atoms with E-state index < -0.39 is 0 Å². The minimum atomic E-state index is 0.438. The standard InChI is InChI=1S/C15H19ClN2S/c1-15(7-3-2-4-8-15)10-17-14-18-12-9-11(16)5-6-13(12)19-14/h5-6,9H,2-4,7-8,10H2,1H3,(H,17,18). The Hall–Kier alpha value is -0.800. The first-order valence-electron chi connectivity index (χ1n) is 6.95. The largest absolute Gasteiger partial charge is 0.361 e. The monoisotopic (exact) mass is 294 g/mol. The van der Waals surface area contributed by atoms with Crippen LogP contribution in [0.15, 0.2) is 18.2 Å². The van der Waals surface area contributed by atoms with E-state index in [1.165, 1.54) is 36.8 Å². The van der Waals surface area contributed by atoms with E-state index in [2.05, 4.69) is 17.2 Å². The number of aromatic nitrogens is 1. The van der Waals surface area contributed by atoms with Crippen LogP contribution in [0.5, 0.6) is 0 Å². The van der Waals surface area contributed by atoms with Gasteiger partial charge >= 0.3 is 0 Å². The Labute approximate surface area is 123 Å². The van der Waals surface area contributed by atoms with Crippen LogP contribution in [-0.4, -0.2) is 11.5 Å². The maximum absolute atomic E-state index is 5.99. The van der Waals surface area contributed by atoms with Crippen LogP contribution in [0.4, 0.5) is 5.13 Å². The second kappa shape index (κ2) is 5.29. The molecule has 1 heterocycles. The molecule has 1 fully saturated rings. The van der Waals surface area contributed by atoms with Gasteiger partial charge in [0.1, 0.15) is 0 Å². The van der Waals surface area contributed by atoms with E-state index in [1.54, 1.807) is 11.3 Å². The number of hydrogen-bond donors (Lipinski definition) is 1. The van der Waals surface area contributed by atoms with E-state index in [4.69, 9.17) is 11.6 Å². The number of anilines is 1. The van der Waals surface area contributed by atoms with Crippen LogP contribution in [0.2, 0.25) is 5.02 Å². The summed E-state index contributed by atoms with van der Waals surface area (Å²) in [6, 6.07) is 5.90.